The number of halogens is 1. The molecule has 3 rings (SSSR count). The van der Waals surface area contributed by atoms with Crippen LogP contribution >= 0.6 is 12.2 Å². The summed E-state index contributed by atoms with van der Waals surface area (Å²) in [6.07, 6.45) is 2.90. The highest BCUT2D eigenvalue weighted by Crippen LogP contribution is 2.36. The summed E-state index contributed by atoms with van der Waals surface area (Å²) in [4.78, 5) is 37.7. The number of carbonyl (C=O) groups is 3. The number of benzene rings is 1. The summed E-state index contributed by atoms with van der Waals surface area (Å²) < 4.78 is 24.3. The number of imide groups is 1. The monoisotopic (exact) mass is 405 g/mol. The molecule has 0 N–H and O–H groups in total. The molecule has 0 unspecified atom stereocenters. The van der Waals surface area contributed by atoms with Crippen molar-refractivity contribution in [3.63, 3.8) is 0 Å². The molecule has 6 nitrogen and oxygen atoms in total. The van der Waals surface area contributed by atoms with Crippen molar-refractivity contribution in [3.8, 4) is 0 Å². The van der Waals surface area contributed by atoms with Crippen LogP contribution in [0.5, 0.6) is 0 Å². The molecule has 0 radical (unpaired) electrons. The smallest absolute Gasteiger partial charge is 0.309 e. The van der Waals surface area contributed by atoms with E-state index in [9.17, 15) is 18.8 Å². The number of esters is 1. The normalized spacial score (nSPS) is 16.3. The maximum atomic E-state index is 14.2. The van der Waals surface area contributed by atoms with Crippen molar-refractivity contribution in [2.75, 3.05) is 18.1 Å². The minimum absolute atomic E-state index is 0.0188. The third-order valence-corrected chi connectivity index (χ3v) is 5.00. The molecule has 148 valence electrons. The Hall–Kier alpha value is -2.61. The highest BCUT2D eigenvalue weighted by molar-refractivity contribution is 7.80. The summed E-state index contributed by atoms with van der Waals surface area (Å²) >= 11 is 5.11. The van der Waals surface area contributed by atoms with Gasteiger partial charge >= 0.3 is 5.97 Å². The van der Waals surface area contributed by atoms with Gasteiger partial charge in [-0.1, -0.05) is 0 Å². The van der Waals surface area contributed by atoms with Gasteiger partial charge < -0.3 is 9.47 Å². The van der Waals surface area contributed by atoms with Gasteiger partial charge in [0.05, 0.1) is 30.9 Å². The van der Waals surface area contributed by atoms with Crippen LogP contribution in [0.15, 0.2) is 29.3 Å². The fourth-order valence-electron chi connectivity index (χ4n) is 3.32. The van der Waals surface area contributed by atoms with Crippen molar-refractivity contribution in [3.05, 3.63) is 40.7 Å². The summed E-state index contributed by atoms with van der Waals surface area (Å²) in [6.45, 7) is 1.90. The molecular formula is C20H20FNO5S. The number of carbonyl (C=O) groups excluding carboxylic acids is 3. The summed E-state index contributed by atoms with van der Waals surface area (Å²) in [5.74, 6) is -1.79. The van der Waals surface area contributed by atoms with Gasteiger partial charge in [0.15, 0.2) is 5.05 Å². The molecule has 0 spiro atoms. The molecule has 0 aromatic heterocycles. The summed E-state index contributed by atoms with van der Waals surface area (Å²) in [7, 11) is 0. The van der Waals surface area contributed by atoms with E-state index in [1.54, 1.807) is 6.92 Å². The molecule has 0 bridgehead atoms. The first-order chi connectivity index (χ1) is 13.4. The number of amides is 2. The van der Waals surface area contributed by atoms with Gasteiger partial charge in [0.1, 0.15) is 5.82 Å². The zero-order chi connectivity index (χ0) is 20.3. The molecule has 0 saturated carbocycles. The number of hydrogen-bond donors (Lipinski definition) is 0. The quantitative estimate of drug-likeness (QED) is 0.411. The second kappa shape index (κ2) is 8.60. The molecule has 1 aromatic carbocycles. The van der Waals surface area contributed by atoms with Crippen molar-refractivity contribution in [1.82, 2.24) is 0 Å². The van der Waals surface area contributed by atoms with Crippen LogP contribution in [0.1, 0.15) is 44.6 Å². The molecular weight excluding hydrogens is 385 g/mol. The Kier molecular flexibility index (Phi) is 6.18. The molecule has 1 aliphatic heterocycles. The van der Waals surface area contributed by atoms with Crippen LogP contribution in [0.2, 0.25) is 0 Å². The Labute approximate surface area is 167 Å². The Morgan fingerprint density at radius 1 is 1.14 bits per heavy atom. The lowest BCUT2D eigenvalue weighted by atomic mass is 9.93. The fourth-order valence-corrected chi connectivity index (χ4v) is 3.56. The average Bonchev–Trinajstić information content (AvgIpc) is 2.93. The Bertz CT molecular complexity index is 851. The van der Waals surface area contributed by atoms with Crippen molar-refractivity contribution in [2.24, 2.45) is 0 Å². The Morgan fingerprint density at radius 3 is 2.39 bits per heavy atom. The summed E-state index contributed by atoms with van der Waals surface area (Å²) in [5, 5.41) is -0.152. The lowest BCUT2D eigenvalue weighted by molar-refractivity contribution is -0.143. The van der Waals surface area contributed by atoms with Gasteiger partial charge in [0.2, 0.25) is 0 Å². The van der Waals surface area contributed by atoms with E-state index in [2.05, 4.69) is 0 Å². The SMILES string of the molecule is CCOC(=O)CCOC(=S)c1cc(N2C(=O)C3=C(CCCC3)C2=O)ccc1F. The van der Waals surface area contributed by atoms with E-state index in [1.807, 2.05) is 0 Å². The molecule has 8 heteroatoms. The average molecular weight is 405 g/mol. The minimum Gasteiger partial charge on any atom is -0.482 e. The molecule has 2 aliphatic rings. The Balaban J connectivity index is 1.75. The number of ether oxygens (including phenoxy) is 2. The summed E-state index contributed by atoms with van der Waals surface area (Å²) in [5.41, 5.74) is 1.31. The zero-order valence-corrected chi connectivity index (χ0v) is 16.3. The van der Waals surface area contributed by atoms with Gasteiger partial charge in [0, 0.05) is 11.1 Å². The van der Waals surface area contributed by atoms with Gasteiger partial charge in [-0.15, -0.1) is 0 Å². The number of hydrogen-bond acceptors (Lipinski definition) is 6. The molecule has 1 aliphatic carbocycles. The van der Waals surface area contributed by atoms with Gasteiger partial charge in [0.25, 0.3) is 11.8 Å². The number of nitrogens with zero attached hydrogens (tertiary/aromatic N) is 1. The maximum Gasteiger partial charge on any atom is 0.309 e. The third kappa shape index (κ3) is 3.96. The molecule has 1 heterocycles. The van der Waals surface area contributed by atoms with E-state index >= 15 is 0 Å². The van der Waals surface area contributed by atoms with Crippen molar-refractivity contribution >= 4 is 40.7 Å². The lowest BCUT2D eigenvalue weighted by Crippen LogP contribution is -2.31. The first-order valence-corrected chi connectivity index (χ1v) is 9.58. The molecule has 28 heavy (non-hydrogen) atoms. The first kappa shape index (κ1) is 20.1. The summed E-state index contributed by atoms with van der Waals surface area (Å²) in [6, 6.07) is 3.84. The van der Waals surface area contributed by atoms with Crippen LogP contribution in [0.3, 0.4) is 0 Å². The van der Waals surface area contributed by atoms with E-state index in [0.717, 1.165) is 23.8 Å². The van der Waals surface area contributed by atoms with Crippen molar-refractivity contribution < 1.29 is 28.2 Å². The first-order valence-electron chi connectivity index (χ1n) is 9.17. The van der Waals surface area contributed by atoms with E-state index in [4.69, 9.17) is 21.7 Å². The minimum atomic E-state index is -0.637. The third-order valence-electron chi connectivity index (χ3n) is 4.66. The van der Waals surface area contributed by atoms with E-state index in [0.29, 0.717) is 24.0 Å². The zero-order valence-electron chi connectivity index (χ0n) is 15.5. The largest absolute Gasteiger partial charge is 0.482 e. The molecule has 0 atom stereocenters. The molecule has 1 aromatic rings. The van der Waals surface area contributed by atoms with Crippen LogP contribution in [0.4, 0.5) is 10.1 Å². The van der Waals surface area contributed by atoms with Gasteiger partial charge in [-0.25, -0.2) is 9.29 Å². The van der Waals surface area contributed by atoms with Crippen LogP contribution < -0.4 is 4.90 Å². The van der Waals surface area contributed by atoms with E-state index in [1.165, 1.54) is 12.1 Å². The predicted molar refractivity (Wildman–Crippen MR) is 103 cm³/mol. The van der Waals surface area contributed by atoms with Gasteiger partial charge in [-0.2, -0.15) is 0 Å². The number of rotatable bonds is 6. The van der Waals surface area contributed by atoms with Crippen LogP contribution in [-0.4, -0.2) is 36.0 Å². The maximum absolute atomic E-state index is 14.2. The molecule has 0 fully saturated rings. The lowest BCUT2D eigenvalue weighted by Gasteiger charge is -2.17. The Morgan fingerprint density at radius 2 is 1.79 bits per heavy atom. The van der Waals surface area contributed by atoms with E-state index in [-0.39, 0.29) is 47.8 Å². The highest BCUT2D eigenvalue weighted by Gasteiger charge is 2.39. The second-order valence-corrected chi connectivity index (χ2v) is 6.84. The van der Waals surface area contributed by atoms with Crippen molar-refractivity contribution in [1.29, 1.82) is 0 Å². The predicted octanol–water partition coefficient (Wildman–Crippen LogP) is 3.21. The topological polar surface area (TPSA) is 72.9 Å². The second-order valence-electron chi connectivity index (χ2n) is 6.47. The van der Waals surface area contributed by atoms with Gasteiger partial charge in [-0.05, 0) is 63.0 Å². The van der Waals surface area contributed by atoms with E-state index < -0.39 is 11.8 Å². The number of thiocarbonyl (C=S) groups is 1. The van der Waals surface area contributed by atoms with Gasteiger partial charge in [-0.3, -0.25) is 14.4 Å². The van der Waals surface area contributed by atoms with Crippen LogP contribution in [0.25, 0.3) is 0 Å². The highest BCUT2D eigenvalue weighted by atomic mass is 32.1. The fraction of sp³-hybridized carbons (Fsp3) is 0.400. The van der Waals surface area contributed by atoms with Crippen LogP contribution in [0, 0.1) is 5.82 Å². The standard InChI is InChI=1S/C20H20FNO5S/c1-2-26-17(23)9-10-27-20(28)15-11-12(7-8-16(15)21)22-18(24)13-5-3-4-6-14(13)19(22)25/h7-8,11H,2-6,9-10H2,1H3. The molecule has 2 amide bonds. The number of anilines is 1. The molecule has 0 saturated heterocycles. The van der Waals surface area contributed by atoms with Crippen molar-refractivity contribution in [2.45, 2.75) is 39.0 Å². The van der Waals surface area contributed by atoms with Crippen LogP contribution in [-0.2, 0) is 23.9 Å².